The number of nitrogens with one attached hydrogen (secondary N) is 1. The lowest BCUT2D eigenvalue weighted by Gasteiger charge is -2.18. The molecule has 6 nitrogen and oxygen atoms in total. The predicted molar refractivity (Wildman–Crippen MR) is 67.2 cm³/mol. The molecule has 0 amide bonds. The summed E-state index contributed by atoms with van der Waals surface area (Å²) >= 11 is 0. The Hall–Kier alpha value is -0.950. The van der Waals surface area contributed by atoms with E-state index in [4.69, 9.17) is 4.52 Å². The number of aromatic nitrogens is 2. The summed E-state index contributed by atoms with van der Waals surface area (Å²) in [7, 11) is -1.06. The highest BCUT2D eigenvalue weighted by Gasteiger charge is 2.29. The van der Waals surface area contributed by atoms with Crippen LogP contribution in [0.1, 0.15) is 37.4 Å². The molecule has 0 aromatic carbocycles. The summed E-state index contributed by atoms with van der Waals surface area (Å²) < 4.78 is 28.3. The van der Waals surface area contributed by atoms with Crippen LogP contribution in [0.2, 0.25) is 0 Å². The van der Waals surface area contributed by atoms with Gasteiger partial charge >= 0.3 is 0 Å². The van der Waals surface area contributed by atoms with Crippen molar-refractivity contribution < 1.29 is 12.9 Å². The van der Waals surface area contributed by atoms with Gasteiger partial charge in [-0.2, -0.15) is 4.98 Å². The third-order valence-corrected chi connectivity index (χ3v) is 5.10. The quantitative estimate of drug-likeness (QED) is 0.860. The molecule has 1 aliphatic rings. The molecule has 1 N–H and O–H groups in total. The highest BCUT2D eigenvalue weighted by Crippen LogP contribution is 2.27. The van der Waals surface area contributed by atoms with Crippen LogP contribution in [0, 0.1) is 0 Å². The molecule has 1 aromatic rings. The minimum atomic E-state index is -2.94. The normalized spacial score (nSPS) is 24.9. The highest BCUT2D eigenvalue weighted by atomic mass is 32.2. The van der Waals surface area contributed by atoms with Gasteiger partial charge in [0.05, 0.1) is 17.4 Å². The summed E-state index contributed by atoms with van der Waals surface area (Å²) in [6.45, 7) is 2.03. The molecule has 18 heavy (non-hydrogen) atoms. The van der Waals surface area contributed by atoms with E-state index in [0.717, 1.165) is 6.42 Å². The van der Waals surface area contributed by atoms with Crippen LogP contribution in [0.3, 0.4) is 0 Å². The van der Waals surface area contributed by atoms with Crippen LogP contribution in [-0.4, -0.2) is 43.2 Å². The molecular weight excluding hydrogens is 254 g/mol. The van der Waals surface area contributed by atoms with E-state index in [9.17, 15) is 8.42 Å². The highest BCUT2D eigenvalue weighted by molar-refractivity contribution is 7.91. The number of hydrogen-bond acceptors (Lipinski definition) is 6. The van der Waals surface area contributed by atoms with Crippen LogP contribution in [0.4, 0.5) is 0 Å². The molecule has 0 spiro atoms. The molecule has 2 atom stereocenters. The molecule has 1 saturated heterocycles. The Labute approximate surface area is 107 Å². The monoisotopic (exact) mass is 273 g/mol. The van der Waals surface area contributed by atoms with Crippen LogP contribution in [0.25, 0.3) is 0 Å². The van der Waals surface area contributed by atoms with E-state index in [1.165, 1.54) is 0 Å². The van der Waals surface area contributed by atoms with E-state index >= 15 is 0 Å². The van der Waals surface area contributed by atoms with E-state index in [0.29, 0.717) is 24.6 Å². The first-order valence-corrected chi connectivity index (χ1v) is 8.02. The van der Waals surface area contributed by atoms with E-state index in [2.05, 4.69) is 15.5 Å². The van der Waals surface area contributed by atoms with Gasteiger partial charge < -0.3 is 9.84 Å². The van der Waals surface area contributed by atoms with Crippen molar-refractivity contribution in [1.29, 1.82) is 0 Å². The molecule has 0 saturated carbocycles. The molecule has 102 valence electrons. The summed E-state index contributed by atoms with van der Waals surface area (Å²) in [5.74, 6) is 1.39. The summed E-state index contributed by atoms with van der Waals surface area (Å²) in [5.41, 5.74) is 0. The topological polar surface area (TPSA) is 85.1 Å². The zero-order valence-electron chi connectivity index (χ0n) is 10.7. The van der Waals surface area contributed by atoms with E-state index in [1.54, 1.807) is 0 Å². The summed E-state index contributed by atoms with van der Waals surface area (Å²) in [5, 5.41) is 7.00. The Bertz CT molecular complexity index is 497. The van der Waals surface area contributed by atoms with Crippen molar-refractivity contribution in [1.82, 2.24) is 15.5 Å². The Kier molecular flexibility index (Phi) is 4.01. The van der Waals surface area contributed by atoms with Gasteiger partial charge in [-0.25, -0.2) is 8.42 Å². The molecule has 2 unspecified atom stereocenters. The molecule has 2 heterocycles. The number of nitrogens with zero attached hydrogens (tertiary/aromatic N) is 2. The smallest absolute Gasteiger partial charge is 0.230 e. The third-order valence-electron chi connectivity index (χ3n) is 3.28. The molecule has 0 aliphatic carbocycles. The first kappa shape index (κ1) is 13.5. The van der Waals surface area contributed by atoms with Crippen LogP contribution < -0.4 is 5.32 Å². The Morgan fingerprint density at radius 1 is 1.56 bits per heavy atom. The van der Waals surface area contributed by atoms with Crippen molar-refractivity contribution in [2.45, 2.75) is 38.1 Å². The van der Waals surface area contributed by atoms with Crippen LogP contribution in [0.5, 0.6) is 0 Å². The van der Waals surface area contributed by atoms with Gasteiger partial charge in [0.25, 0.3) is 0 Å². The second-order valence-electron chi connectivity index (χ2n) is 4.90. The lowest BCUT2D eigenvalue weighted by Crippen LogP contribution is -2.25. The predicted octanol–water partition coefficient (Wildman–Crippen LogP) is 0.512. The van der Waals surface area contributed by atoms with Crippen molar-refractivity contribution in [3.63, 3.8) is 0 Å². The van der Waals surface area contributed by atoms with Gasteiger partial charge in [-0.15, -0.1) is 0 Å². The first-order chi connectivity index (χ1) is 8.50. The Morgan fingerprint density at radius 3 is 3.00 bits per heavy atom. The van der Waals surface area contributed by atoms with Crippen LogP contribution in [0.15, 0.2) is 4.52 Å². The largest absolute Gasteiger partial charge is 0.339 e. The van der Waals surface area contributed by atoms with Crippen LogP contribution in [-0.2, 0) is 16.3 Å². The zero-order chi connectivity index (χ0) is 13.2. The molecule has 0 radical (unpaired) electrons. The maximum absolute atomic E-state index is 11.6. The van der Waals surface area contributed by atoms with Crippen molar-refractivity contribution in [3.05, 3.63) is 11.7 Å². The average Bonchev–Trinajstić information content (AvgIpc) is 2.76. The van der Waals surface area contributed by atoms with E-state index in [1.807, 2.05) is 14.0 Å². The van der Waals surface area contributed by atoms with Crippen molar-refractivity contribution in [3.8, 4) is 0 Å². The lowest BCUT2D eigenvalue weighted by atomic mass is 10.1. The van der Waals surface area contributed by atoms with Gasteiger partial charge in [-0.05, 0) is 26.8 Å². The molecule has 1 fully saturated rings. The van der Waals surface area contributed by atoms with Gasteiger partial charge in [-0.3, -0.25) is 0 Å². The van der Waals surface area contributed by atoms with Gasteiger partial charge in [0.1, 0.15) is 0 Å². The lowest BCUT2D eigenvalue weighted by molar-refractivity contribution is 0.345. The minimum Gasteiger partial charge on any atom is -0.339 e. The van der Waals surface area contributed by atoms with Crippen molar-refractivity contribution in [2.24, 2.45) is 0 Å². The standard InChI is InChI=1S/C11H19N3O3S/c1-8(12-2)6-10-13-11(17-14-10)9-4-3-5-18(15,16)7-9/h8-9,12H,3-7H2,1-2H3. The Balaban J connectivity index is 2.05. The van der Waals surface area contributed by atoms with Gasteiger partial charge in [0, 0.05) is 12.5 Å². The average molecular weight is 273 g/mol. The summed E-state index contributed by atoms with van der Waals surface area (Å²) in [6.07, 6.45) is 2.17. The second-order valence-corrected chi connectivity index (χ2v) is 7.12. The molecule has 2 rings (SSSR count). The maximum atomic E-state index is 11.6. The maximum Gasteiger partial charge on any atom is 0.230 e. The van der Waals surface area contributed by atoms with E-state index < -0.39 is 9.84 Å². The van der Waals surface area contributed by atoms with E-state index in [-0.39, 0.29) is 23.5 Å². The zero-order valence-corrected chi connectivity index (χ0v) is 11.5. The van der Waals surface area contributed by atoms with Crippen molar-refractivity contribution >= 4 is 9.84 Å². The molecule has 7 heteroatoms. The number of sulfone groups is 1. The summed E-state index contributed by atoms with van der Waals surface area (Å²) in [4.78, 5) is 4.31. The fraction of sp³-hybridized carbons (Fsp3) is 0.818. The fourth-order valence-electron chi connectivity index (χ4n) is 2.11. The molecule has 1 aromatic heterocycles. The fourth-order valence-corrected chi connectivity index (χ4v) is 3.81. The van der Waals surface area contributed by atoms with Crippen molar-refractivity contribution in [2.75, 3.05) is 18.6 Å². The molecule has 0 bridgehead atoms. The van der Waals surface area contributed by atoms with Gasteiger partial charge in [0.2, 0.25) is 5.89 Å². The number of rotatable bonds is 4. The van der Waals surface area contributed by atoms with Crippen LogP contribution >= 0.6 is 0 Å². The second kappa shape index (κ2) is 5.36. The molecule has 1 aliphatic heterocycles. The number of likely N-dealkylation sites (N-methyl/N-ethyl adjacent to an activating group) is 1. The third kappa shape index (κ3) is 3.29. The summed E-state index contributed by atoms with van der Waals surface area (Å²) in [6, 6.07) is 0.269. The SMILES string of the molecule is CNC(C)Cc1noc(C2CCCS(=O)(=O)C2)n1. The van der Waals surface area contributed by atoms with Gasteiger partial charge in [0.15, 0.2) is 15.7 Å². The Morgan fingerprint density at radius 2 is 2.33 bits per heavy atom. The first-order valence-electron chi connectivity index (χ1n) is 6.20. The van der Waals surface area contributed by atoms with Gasteiger partial charge in [-0.1, -0.05) is 5.16 Å². The molecular formula is C11H19N3O3S. The number of hydrogen-bond donors (Lipinski definition) is 1. The minimum absolute atomic E-state index is 0.130.